The van der Waals surface area contributed by atoms with Gasteiger partial charge >= 0.3 is 6.18 Å². The number of benzene rings is 2. The topological polar surface area (TPSA) is 86.5 Å². The number of nitrogens with two attached hydrogens (primary N) is 1. The van der Waals surface area contributed by atoms with Gasteiger partial charge in [-0.3, -0.25) is 4.79 Å². The fraction of sp³-hybridized carbons (Fsp3) is 0.333. The van der Waals surface area contributed by atoms with Gasteiger partial charge in [-0.1, -0.05) is 6.07 Å². The second-order valence-electron chi connectivity index (χ2n) is 9.74. The van der Waals surface area contributed by atoms with Gasteiger partial charge in [0.05, 0.1) is 31.5 Å². The molecule has 1 aliphatic rings. The van der Waals surface area contributed by atoms with E-state index in [1.807, 2.05) is 6.92 Å². The Morgan fingerprint density at radius 1 is 1.11 bits per heavy atom. The van der Waals surface area contributed by atoms with E-state index in [4.69, 9.17) is 15.2 Å². The molecule has 1 aliphatic heterocycles. The Morgan fingerprint density at radius 3 is 2.35 bits per heavy atom. The molecule has 2 aromatic carbocycles. The molecule has 1 amide bonds. The van der Waals surface area contributed by atoms with Gasteiger partial charge in [-0.15, -0.1) is 0 Å². The average molecular weight is 518 g/mol. The van der Waals surface area contributed by atoms with Gasteiger partial charge in [0.2, 0.25) is 5.88 Å². The fourth-order valence-electron chi connectivity index (χ4n) is 4.03. The highest BCUT2D eigenvalue weighted by Crippen LogP contribution is 2.41. The largest absolute Gasteiger partial charge is 0.481 e. The van der Waals surface area contributed by atoms with Crippen molar-refractivity contribution in [2.24, 2.45) is 5.73 Å². The highest BCUT2D eigenvalue weighted by molar-refractivity contribution is 6.05. The number of aromatic nitrogens is 1. The Balaban J connectivity index is 1.69. The maximum absolute atomic E-state index is 15.2. The smallest absolute Gasteiger partial charge is 0.416 e. The average Bonchev–Trinajstić information content (AvgIpc) is 2.82. The molecule has 0 atom stereocenters. The Morgan fingerprint density at radius 2 is 1.78 bits per heavy atom. The number of alkyl halides is 4. The van der Waals surface area contributed by atoms with Crippen LogP contribution >= 0.6 is 0 Å². The summed E-state index contributed by atoms with van der Waals surface area (Å²) in [6.45, 7) is 4.74. The standard InChI is InChI=1S/C27H27F4N3O3/c1-15-5-6-20(11-21(15)17-9-22(24(36-4)33-12-17)26(28)13-37-14-26)34-23(35)16-7-18(25(2,3)32)10-19(8-16)27(29,30)31/h5-12H,13-14,32H2,1-4H3,(H,34,35). The minimum Gasteiger partial charge on any atom is -0.481 e. The fourth-order valence-corrected chi connectivity index (χ4v) is 4.03. The Bertz CT molecular complexity index is 1310. The molecule has 0 aliphatic carbocycles. The molecule has 6 nitrogen and oxygen atoms in total. The highest BCUT2D eigenvalue weighted by Gasteiger charge is 2.43. The first-order valence-electron chi connectivity index (χ1n) is 11.5. The summed E-state index contributed by atoms with van der Waals surface area (Å²) < 4.78 is 65.9. The maximum Gasteiger partial charge on any atom is 0.416 e. The van der Waals surface area contributed by atoms with Gasteiger partial charge < -0.3 is 20.5 Å². The second-order valence-corrected chi connectivity index (χ2v) is 9.74. The van der Waals surface area contributed by atoms with Gasteiger partial charge in [-0.2, -0.15) is 13.2 Å². The lowest BCUT2D eigenvalue weighted by atomic mass is 9.91. The Hall–Kier alpha value is -3.50. The molecule has 1 aromatic heterocycles. The summed E-state index contributed by atoms with van der Waals surface area (Å²) in [5, 5.41) is 2.66. The highest BCUT2D eigenvalue weighted by atomic mass is 19.4. The van der Waals surface area contributed by atoms with E-state index in [2.05, 4.69) is 10.3 Å². The van der Waals surface area contributed by atoms with E-state index in [1.165, 1.54) is 19.4 Å². The predicted octanol–water partition coefficient (Wildman–Crippen LogP) is 5.73. The molecule has 0 bridgehead atoms. The van der Waals surface area contributed by atoms with Crippen molar-refractivity contribution < 1.29 is 31.8 Å². The molecule has 10 heteroatoms. The van der Waals surface area contributed by atoms with Crippen LogP contribution in [0.25, 0.3) is 11.1 Å². The number of methoxy groups -OCH3 is 1. The lowest BCUT2D eigenvalue weighted by Gasteiger charge is -2.34. The zero-order chi connectivity index (χ0) is 27.2. The van der Waals surface area contributed by atoms with Crippen LogP contribution in [0.2, 0.25) is 0 Å². The normalized spacial score (nSPS) is 15.2. The summed E-state index contributed by atoms with van der Waals surface area (Å²) in [5.74, 6) is -0.575. The molecule has 4 rings (SSSR count). The lowest BCUT2D eigenvalue weighted by molar-refractivity contribution is -0.137. The van der Waals surface area contributed by atoms with Crippen molar-refractivity contribution in [3.63, 3.8) is 0 Å². The molecular formula is C27H27F4N3O3. The van der Waals surface area contributed by atoms with Crippen molar-refractivity contribution in [3.8, 4) is 17.0 Å². The van der Waals surface area contributed by atoms with Gasteiger partial charge in [0.25, 0.3) is 5.91 Å². The van der Waals surface area contributed by atoms with E-state index in [0.717, 1.165) is 17.7 Å². The monoisotopic (exact) mass is 517 g/mol. The van der Waals surface area contributed by atoms with Crippen LogP contribution in [-0.4, -0.2) is 31.2 Å². The number of hydrogen-bond donors (Lipinski definition) is 2. The van der Waals surface area contributed by atoms with Crippen LogP contribution in [0.5, 0.6) is 5.88 Å². The number of anilines is 1. The molecule has 3 N–H and O–H groups in total. The molecule has 3 aromatic rings. The molecule has 196 valence electrons. The third-order valence-electron chi connectivity index (χ3n) is 6.26. The number of halogens is 4. The van der Waals surface area contributed by atoms with Crippen LogP contribution in [0.15, 0.2) is 48.7 Å². The number of nitrogens with one attached hydrogen (secondary N) is 1. The van der Waals surface area contributed by atoms with Crippen LogP contribution in [0.3, 0.4) is 0 Å². The molecule has 1 saturated heterocycles. The van der Waals surface area contributed by atoms with Gasteiger partial charge in [-0.05, 0) is 73.9 Å². The van der Waals surface area contributed by atoms with Crippen molar-refractivity contribution in [1.29, 1.82) is 0 Å². The number of ether oxygens (including phenoxy) is 2. The van der Waals surface area contributed by atoms with Crippen molar-refractivity contribution >= 4 is 11.6 Å². The number of hydrogen-bond acceptors (Lipinski definition) is 5. The van der Waals surface area contributed by atoms with Gasteiger partial charge in [0, 0.05) is 28.6 Å². The van der Waals surface area contributed by atoms with Crippen molar-refractivity contribution in [1.82, 2.24) is 4.98 Å². The zero-order valence-electron chi connectivity index (χ0n) is 20.8. The first-order chi connectivity index (χ1) is 17.2. The summed E-state index contributed by atoms with van der Waals surface area (Å²) >= 11 is 0. The minimum absolute atomic E-state index is 0.109. The van der Waals surface area contributed by atoms with Crippen molar-refractivity contribution in [3.05, 3.63) is 76.5 Å². The summed E-state index contributed by atoms with van der Waals surface area (Å²) in [4.78, 5) is 17.3. The number of nitrogens with zero attached hydrogens (tertiary/aromatic N) is 1. The molecule has 0 radical (unpaired) electrons. The molecule has 0 spiro atoms. The first kappa shape index (κ1) is 26.6. The van der Waals surface area contributed by atoms with E-state index in [1.54, 1.807) is 38.1 Å². The summed E-state index contributed by atoms with van der Waals surface area (Å²) in [6.07, 6.45) is -3.12. The van der Waals surface area contributed by atoms with Crippen molar-refractivity contribution in [2.75, 3.05) is 25.6 Å². The number of rotatable bonds is 6. The number of carbonyl (C=O) groups is 1. The maximum atomic E-state index is 15.2. The summed E-state index contributed by atoms with van der Waals surface area (Å²) in [7, 11) is 1.40. The summed E-state index contributed by atoms with van der Waals surface area (Å²) in [5.41, 5.74) is 4.91. The molecule has 37 heavy (non-hydrogen) atoms. The zero-order valence-corrected chi connectivity index (χ0v) is 20.8. The van der Waals surface area contributed by atoms with E-state index in [9.17, 15) is 18.0 Å². The molecular weight excluding hydrogens is 490 g/mol. The van der Waals surface area contributed by atoms with E-state index < -0.39 is 28.9 Å². The van der Waals surface area contributed by atoms with Crippen LogP contribution in [-0.2, 0) is 22.1 Å². The second kappa shape index (κ2) is 9.42. The molecule has 1 fully saturated rings. The van der Waals surface area contributed by atoms with Crippen LogP contribution in [0.4, 0.5) is 23.2 Å². The van der Waals surface area contributed by atoms with E-state index in [0.29, 0.717) is 16.8 Å². The number of aryl methyl sites for hydroxylation is 1. The van der Waals surface area contributed by atoms with E-state index in [-0.39, 0.29) is 35.8 Å². The van der Waals surface area contributed by atoms with E-state index >= 15 is 4.39 Å². The minimum atomic E-state index is -4.65. The first-order valence-corrected chi connectivity index (χ1v) is 11.5. The number of amides is 1. The third-order valence-corrected chi connectivity index (χ3v) is 6.26. The number of pyridine rings is 1. The quantitative estimate of drug-likeness (QED) is 0.408. The molecule has 0 unspecified atom stereocenters. The van der Waals surface area contributed by atoms with Crippen LogP contribution < -0.4 is 15.8 Å². The summed E-state index contributed by atoms with van der Waals surface area (Å²) in [6, 6.07) is 9.75. The SMILES string of the molecule is COc1ncc(-c2cc(NC(=O)c3cc(C(C)(C)N)cc(C(F)(F)F)c3)ccc2C)cc1C1(F)COC1. The van der Waals surface area contributed by atoms with Crippen LogP contribution in [0, 0.1) is 6.92 Å². The lowest BCUT2D eigenvalue weighted by Crippen LogP contribution is -2.43. The van der Waals surface area contributed by atoms with Crippen LogP contribution in [0.1, 0.15) is 46.5 Å². The Kier molecular flexibility index (Phi) is 6.76. The van der Waals surface area contributed by atoms with Gasteiger partial charge in [0.15, 0.2) is 5.67 Å². The number of carbonyl (C=O) groups excluding carboxylic acids is 1. The third kappa shape index (κ3) is 5.45. The van der Waals surface area contributed by atoms with Gasteiger partial charge in [-0.25, -0.2) is 9.37 Å². The predicted molar refractivity (Wildman–Crippen MR) is 131 cm³/mol. The molecule has 0 saturated carbocycles. The van der Waals surface area contributed by atoms with Gasteiger partial charge in [0.1, 0.15) is 0 Å². The Labute approximate surface area is 211 Å². The molecule has 2 heterocycles. The van der Waals surface area contributed by atoms with Crippen molar-refractivity contribution in [2.45, 2.75) is 38.2 Å².